The molecule has 0 radical (unpaired) electrons. The first kappa shape index (κ1) is 18.3. The quantitative estimate of drug-likeness (QED) is 0.785. The predicted octanol–water partition coefficient (Wildman–Crippen LogP) is 3.43. The maximum atomic E-state index is 12.3. The molecule has 1 aromatic carbocycles. The highest BCUT2D eigenvalue weighted by molar-refractivity contribution is 6.34. The van der Waals surface area contributed by atoms with E-state index in [2.05, 4.69) is 15.5 Å². The molecule has 1 amide bonds. The van der Waals surface area contributed by atoms with Crippen LogP contribution in [-0.2, 0) is 9.53 Å². The summed E-state index contributed by atoms with van der Waals surface area (Å²) in [6.45, 7) is 3.30. The van der Waals surface area contributed by atoms with E-state index in [0.717, 1.165) is 37.3 Å². The molecule has 1 saturated carbocycles. The standard InChI is InChI=1S/C19H28ClN3O2/c20-16-8-5-9-17(19(16)23-10-12-25-13-11-23)21-14-18(24)22-15-6-3-1-2-4-7-15/h5,8-9,15,21H,1-4,6-7,10-14H2,(H,22,24). The van der Waals surface area contributed by atoms with Crippen molar-refractivity contribution in [2.24, 2.45) is 0 Å². The minimum Gasteiger partial charge on any atom is -0.378 e. The van der Waals surface area contributed by atoms with Crippen molar-refractivity contribution in [1.82, 2.24) is 5.32 Å². The summed E-state index contributed by atoms with van der Waals surface area (Å²) in [5.74, 6) is 0.0554. The number of morpholine rings is 1. The molecular formula is C19H28ClN3O2. The SMILES string of the molecule is O=C(CNc1cccc(Cl)c1N1CCOCC1)NC1CCCCCC1. The van der Waals surface area contributed by atoms with Gasteiger partial charge in [0.25, 0.3) is 0 Å². The van der Waals surface area contributed by atoms with Crippen molar-refractivity contribution in [2.75, 3.05) is 43.1 Å². The Morgan fingerprint density at radius 1 is 1.16 bits per heavy atom. The van der Waals surface area contributed by atoms with Gasteiger partial charge in [0.05, 0.1) is 36.2 Å². The van der Waals surface area contributed by atoms with Crippen LogP contribution in [0.5, 0.6) is 0 Å². The molecule has 0 aromatic heterocycles. The zero-order valence-electron chi connectivity index (χ0n) is 14.7. The zero-order valence-corrected chi connectivity index (χ0v) is 15.5. The number of nitrogens with zero attached hydrogens (tertiary/aromatic N) is 1. The van der Waals surface area contributed by atoms with Crippen LogP contribution in [0, 0.1) is 0 Å². The van der Waals surface area contributed by atoms with E-state index in [0.29, 0.717) is 24.3 Å². The number of hydrogen-bond acceptors (Lipinski definition) is 4. The van der Waals surface area contributed by atoms with Gasteiger partial charge in [-0.1, -0.05) is 43.4 Å². The van der Waals surface area contributed by atoms with Crippen molar-refractivity contribution < 1.29 is 9.53 Å². The minimum absolute atomic E-state index is 0.0554. The fourth-order valence-corrected chi connectivity index (χ4v) is 3.94. The van der Waals surface area contributed by atoms with Gasteiger partial charge in [-0.3, -0.25) is 4.79 Å². The molecule has 0 atom stereocenters. The molecule has 1 aromatic rings. The van der Waals surface area contributed by atoms with Crippen LogP contribution < -0.4 is 15.5 Å². The van der Waals surface area contributed by atoms with Gasteiger partial charge < -0.3 is 20.3 Å². The lowest BCUT2D eigenvalue weighted by atomic mass is 10.1. The van der Waals surface area contributed by atoms with Gasteiger partial charge in [-0.25, -0.2) is 0 Å². The number of benzene rings is 1. The largest absolute Gasteiger partial charge is 0.378 e. The first-order chi connectivity index (χ1) is 12.2. The Hall–Kier alpha value is -1.46. The number of anilines is 2. The average molecular weight is 366 g/mol. The van der Waals surface area contributed by atoms with Crippen LogP contribution in [0.2, 0.25) is 5.02 Å². The first-order valence-electron chi connectivity index (χ1n) is 9.38. The summed E-state index contributed by atoms with van der Waals surface area (Å²) in [5, 5.41) is 7.16. The summed E-state index contributed by atoms with van der Waals surface area (Å²) >= 11 is 6.43. The van der Waals surface area contributed by atoms with E-state index >= 15 is 0 Å². The summed E-state index contributed by atoms with van der Waals surface area (Å²) in [6, 6.07) is 6.12. The number of nitrogens with one attached hydrogen (secondary N) is 2. The van der Waals surface area contributed by atoms with Crippen molar-refractivity contribution in [3.63, 3.8) is 0 Å². The summed E-state index contributed by atoms with van der Waals surface area (Å²) in [6.07, 6.45) is 7.21. The molecule has 2 N–H and O–H groups in total. The molecule has 1 heterocycles. The van der Waals surface area contributed by atoms with Crippen molar-refractivity contribution >= 4 is 28.9 Å². The maximum absolute atomic E-state index is 12.3. The van der Waals surface area contributed by atoms with Crippen LogP contribution in [0.1, 0.15) is 38.5 Å². The Morgan fingerprint density at radius 2 is 1.88 bits per heavy atom. The third-order valence-corrected chi connectivity index (χ3v) is 5.28. The molecule has 2 fully saturated rings. The fraction of sp³-hybridized carbons (Fsp3) is 0.632. The lowest BCUT2D eigenvalue weighted by Gasteiger charge is -2.31. The number of carbonyl (C=O) groups is 1. The zero-order chi connectivity index (χ0) is 17.5. The highest BCUT2D eigenvalue weighted by Gasteiger charge is 2.19. The van der Waals surface area contributed by atoms with Gasteiger partial charge in [0.2, 0.25) is 5.91 Å². The highest BCUT2D eigenvalue weighted by atomic mass is 35.5. The lowest BCUT2D eigenvalue weighted by molar-refractivity contribution is -0.120. The van der Waals surface area contributed by atoms with Gasteiger partial charge in [-0.15, -0.1) is 0 Å². The molecule has 2 aliphatic rings. The topological polar surface area (TPSA) is 53.6 Å². The Kier molecular flexibility index (Phi) is 6.82. The molecule has 0 bridgehead atoms. The monoisotopic (exact) mass is 365 g/mol. The normalized spacial score (nSPS) is 19.3. The Morgan fingerprint density at radius 3 is 2.60 bits per heavy atom. The molecular weight excluding hydrogens is 338 g/mol. The van der Waals surface area contributed by atoms with E-state index in [1.54, 1.807) is 0 Å². The van der Waals surface area contributed by atoms with E-state index in [9.17, 15) is 4.79 Å². The number of hydrogen-bond donors (Lipinski definition) is 2. The Labute approximate surface area is 155 Å². The second-order valence-electron chi connectivity index (χ2n) is 6.84. The second-order valence-corrected chi connectivity index (χ2v) is 7.25. The van der Waals surface area contributed by atoms with E-state index in [-0.39, 0.29) is 12.5 Å². The molecule has 3 rings (SSSR count). The van der Waals surface area contributed by atoms with Crippen LogP contribution in [0.3, 0.4) is 0 Å². The van der Waals surface area contributed by atoms with Crippen LogP contribution in [0.25, 0.3) is 0 Å². The van der Waals surface area contributed by atoms with Crippen molar-refractivity contribution in [2.45, 2.75) is 44.6 Å². The Bertz CT molecular complexity index is 568. The smallest absolute Gasteiger partial charge is 0.239 e. The van der Waals surface area contributed by atoms with Crippen molar-refractivity contribution in [3.8, 4) is 0 Å². The first-order valence-corrected chi connectivity index (χ1v) is 9.76. The van der Waals surface area contributed by atoms with Gasteiger partial charge in [0, 0.05) is 19.1 Å². The van der Waals surface area contributed by atoms with Gasteiger partial charge in [-0.2, -0.15) is 0 Å². The molecule has 0 spiro atoms. The van der Waals surface area contributed by atoms with Gasteiger partial charge >= 0.3 is 0 Å². The molecule has 25 heavy (non-hydrogen) atoms. The predicted molar refractivity (Wildman–Crippen MR) is 103 cm³/mol. The van der Waals surface area contributed by atoms with E-state index in [4.69, 9.17) is 16.3 Å². The van der Waals surface area contributed by atoms with E-state index in [1.165, 1.54) is 25.7 Å². The number of carbonyl (C=O) groups excluding carboxylic acids is 1. The van der Waals surface area contributed by atoms with Gasteiger partial charge in [0.15, 0.2) is 0 Å². The molecule has 138 valence electrons. The second kappa shape index (κ2) is 9.30. The van der Waals surface area contributed by atoms with Crippen LogP contribution in [0.15, 0.2) is 18.2 Å². The minimum atomic E-state index is 0.0554. The number of amides is 1. The third-order valence-electron chi connectivity index (χ3n) is 4.97. The van der Waals surface area contributed by atoms with E-state index < -0.39 is 0 Å². The van der Waals surface area contributed by atoms with Crippen LogP contribution >= 0.6 is 11.6 Å². The molecule has 0 unspecified atom stereocenters. The molecule has 1 aliphatic heterocycles. The summed E-state index contributed by atoms with van der Waals surface area (Å²) in [7, 11) is 0. The third kappa shape index (κ3) is 5.25. The van der Waals surface area contributed by atoms with Crippen molar-refractivity contribution in [1.29, 1.82) is 0 Å². The molecule has 5 nitrogen and oxygen atoms in total. The molecule has 1 aliphatic carbocycles. The van der Waals surface area contributed by atoms with Crippen LogP contribution in [0.4, 0.5) is 11.4 Å². The number of rotatable bonds is 5. The number of halogens is 1. The van der Waals surface area contributed by atoms with Gasteiger partial charge in [-0.05, 0) is 25.0 Å². The summed E-state index contributed by atoms with van der Waals surface area (Å²) in [4.78, 5) is 14.5. The average Bonchev–Trinajstić information content (AvgIpc) is 2.89. The number of para-hydroxylation sites is 1. The fourth-order valence-electron chi connectivity index (χ4n) is 3.64. The van der Waals surface area contributed by atoms with E-state index in [1.807, 2.05) is 18.2 Å². The van der Waals surface area contributed by atoms with Gasteiger partial charge in [0.1, 0.15) is 0 Å². The lowest BCUT2D eigenvalue weighted by Crippen LogP contribution is -2.39. The van der Waals surface area contributed by atoms with Crippen molar-refractivity contribution in [3.05, 3.63) is 23.2 Å². The summed E-state index contributed by atoms with van der Waals surface area (Å²) < 4.78 is 5.42. The number of ether oxygens (including phenoxy) is 1. The Balaban J connectivity index is 1.58. The highest BCUT2D eigenvalue weighted by Crippen LogP contribution is 2.34. The molecule has 1 saturated heterocycles. The van der Waals surface area contributed by atoms with Crippen LogP contribution in [-0.4, -0.2) is 44.8 Å². The maximum Gasteiger partial charge on any atom is 0.239 e. The summed E-state index contributed by atoms with van der Waals surface area (Å²) in [5.41, 5.74) is 1.88. The molecule has 6 heteroatoms.